The summed E-state index contributed by atoms with van der Waals surface area (Å²) in [6.07, 6.45) is 0.482. The summed E-state index contributed by atoms with van der Waals surface area (Å²) >= 11 is 7.75. The minimum Gasteiger partial charge on any atom is -0.329 e. The molecule has 1 atom stereocenters. The molecule has 2 amide bonds. The van der Waals surface area contributed by atoms with E-state index in [0.29, 0.717) is 59.6 Å². The Kier molecular flexibility index (Phi) is 17.2. The van der Waals surface area contributed by atoms with E-state index in [1.54, 1.807) is 29.2 Å². The number of thiol groups is 1. The third-order valence-electron chi connectivity index (χ3n) is 11.1. The van der Waals surface area contributed by atoms with Crippen LogP contribution >= 0.6 is 28.6 Å². The molecule has 0 fully saturated rings. The van der Waals surface area contributed by atoms with E-state index in [1.165, 1.54) is 29.8 Å². The van der Waals surface area contributed by atoms with Gasteiger partial charge in [0.2, 0.25) is 11.8 Å². The molecule has 2 aliphatic rings. The summed E-state index contributed by atoms with van der Waals surface area (Å²) < 4.78 is 45.3. The number of nitrogens with zero attached hydrogens (tertiary/aromatic N) is 6. The summed E-state index contributed by atoms with van der Waals surface area (Å²) in [5.41, 5.74) is 9.59. The number of fused-ring (bicyclic) bond motifs is 2. The van der Waals surface area contributed by atoms with E-state index in [9.17, 15) is 22.6 Å². The van der Waals surface area contributed by atoms with Crippen molar-refractivity contribution in [3.05, 3.63) is 136 Å². The Balaban J connectivity index is 0.000000239. The molecule has 8 rings (SSSR count). The summed E-state index contributed by atoms with van der Waals surface area (Å²) in [4.78, 5) is 39.6. The number of carbonyl (C=O) groups is 2. The Hall–Kier alpha value is -4.96. The van der Waals surface area contributed by atoms with Crippen molar-refractivity contribution < 1.29 is 22.6 Å². The number of aromatic nitrogens is 4. The van der Waals surface area contributed by atoms with Crippen LogP contribution in [0.15, 0.2) is 116 Å². The normalized spacial score (nSPS) is 14.8. The maximum absolute atomic E-state index is 13.7. The number of amides is 2. The Labute approximate surface area is 393 Å². The van der Waals surface area contributed by atoms with Gasteiger partial charge in [-0.1, -0.05) is 57.2 Å². The summed E-state index contributed by atoms with van der Waals surface area (Å²) in [6.45, 7) is 15.9. The molecule has 10 nitrogen and oxygen atoms in total. The molecule has 342 valence electrons. The average molecular weight is 977 g/mol. The van der Waals surface area contributed by atoms with Crippen LogP contribution in [0, 0.1) is 25.5 Å². The van der Waals surface area contributed by atoms with E-state index in [2.05, 4.69) is 40.0 Å². The number of carbonyl (C=O) groups excluding carboxylic acids is 2. The third-order valence-corrected chi connectivity index (χ3v) is 13.7. The van der Waals surface area contributed by atoms with Crippen LogP contribution in [0.3, 0.4) is 0 Å². The number of nitrogens with two attached hydrogens (primary N) is 1. The standard InChI is InChI=1S/C23H25FN4O2S.C17H19BrFN3O.C7H8S.2CH4/c1-15-4-10-18(11-5-15)31(30)21-20(16-6-8-17(24)9-7-16)26-22-23(2,3)28(19(29)14-25)13-12-27(21)22;1-4-13(23)22-10-9-21-15(18)14(20-16(21)17(22,2)3)11-5-7-12(19)8-6-11;1-6-2-4-7(8)5-3-6;;/h4-11H,12-14,25H2,1-3H3;5-8H,4,9-10H2,1-3H3;2-5,8H,1H3;2*1H4. The van der Waals surface area contributed by atoms with Gasteiger partial charge < -0.3 is 24.7 Å². The van der Waals surface area contributed by atoms with Gasteiger partial charge >= 0.3 is 0 Å². The number of aryl methyl sites for hydroxylation is 2. The Morgan fingerprint density at radius 3 is 1.58 bits per heavy atom. The van der Waals surface area contributed by atoms with Crippen LogP contribution in [0.2, 0.25) is 0 Å². The molecule has 0 spiro atoms. The predicted octanol–water partition coefficient (Wildman–Crippen LogP) is 10.7. The van der Waals surface area contributed by atoms with Crippen LogP contribution in [0.4, 0.5) is 8.78 Å². The summed E-state index contributed by atoms with van der Waals surface area (Å²) in [6, 6.07) is 27.9. The van der Waals surface area contributed by atoms with Crippen LogP contribution in [0.25, 0.3) is 22.5 Å². The lowest BCUT2D eigenvalue weighted by Gasteiger charge is -2.42. The Bertz CT molecular complexity index is 2550. The van der Waals surface area contributed by atoms with Crippen LogP contribution in [0.1, 0.15) is 78.7 Å². The zero-order valence-electron chi connectivity index (χ0n) is 36.0. The quantitative estimate of drug-likeness (QED) is 0.161. The molecule has 0 bridgehead atoms. The van der Waals surface area contributed by atoms with E-state index < -0.39 is 21.9 Å². The molecule has 0 radical (unpaired) electrons. The molecule has 6 aromatic rings. The molecule has 64 heavy (non-hydrogen) atoms. The maximum atomic E-state index is 13.7. The SMILES string of the molecule is C.C.CCC(=O)N1CCn2c(nc(-c3ccc(F)cc3)c2Br)C1(C)C.Cc1ccc(S(=O)c2c(-c3ccc(F)cc3)nc3n2CCN(C(=O)CN)C3(C)C)cc1.Cc1ccc(S)cc1. The summed E-state index contributed by atoms with van der Waals surface area (Å²) in [5, 5.41) is 0.554. The minimum absolute atomic E-state index is 0. The van der Waals surface area contributed by atoms with Crippen molar-refractivity contribution in [1.82, 2.24) is 28.9 Å². The zero-order chi connectivity index (χ0) is 45.1. The highest BCUT2D eigenvalue weighted by molar-refractivity contribution is 9.10. The lowest BCUT2D eigenvalue weighted by molar-refractivity contribution is -0.138. The first-order valence-electron chi connectivity index (χ1n) is 20.3. The minimum atomic E-state index is -1.51. The first kappa shape index (κ1) is 51.7. The number of rotatable bonds is 6. The lowest BCUT2D eigenvalue weighted by atomic mass is 9.98. The Morgan fingerprint density at radius 2 is 1.11 bits per heavy atom. The van der Waals surface area contributed by atoms with Crippen molar-refractivity contribution in [1.29, 1.82) is 0 Å². The predicted molar refractivity (Wildman–Crippen MR) is 260 cm³/mol. The van der Waals surface area contributed by atoms with Gasteiger partial charge in [-0.15, -0.1) is 12.6 Å². The van der Waals surface area contributed by atoms with E-state index in [1.807, 2.05) is 99.5 Å². The number of hydrogen-bond acceptors (Lipinski definition) is 7. The van der Waals surface area contributed by atoms with Crippen molar-refractivity contribution in [2.75, 3.05) is 19.6 Å². The van der Waals surface area contributed by atoms with Crippen molar-refractivity contribution in [3.63, 3.8) is 0 Å². The molecule has 2 aromatic heterocycles. The third kappa shape index (κ3) is 10.8. The fraction of sp³-hybridized carbons (Fsp3) is 0.347. The maximum Gasteiger partial charge on any atom is 0.237 e. The van der Waals surface area contributed by atoms with E-state index in [4.69, 9.17) is 15.7 Å². The van der Waals surface area contributed by atoms with Crippen LogP contribution in [-0.4, -0.2) is 64.6 Å². The van der Waals surface area contributed by atoms with Gasteiger partial charge in [-0.05, 0) is 130 Å². The van der Waals surface area contributed by atoms with Crippen molar-refractivity contribution in [2.45, 2.75) is 109 Å². The van der Waals surface area contributed by atoms with Gasteiger partial charge in [-0.25, -0.2) is 23.0 Å². The van der Waals surface area contributed by atoms with Crippen molar-refractivity contribution >= 4 is 51.2 Å². The number of benzene rings is 4. The van der Waals surface area contributed by atoms with Crippen LogP contribution in [-0.2, 0) is 44.6 Å². The van der Waals surface area contributed by atoms with Crippen molar-refractivity contribution in [3.8, 4) is 22.5 Å². The molecule has 0 aliphatic carbocycles. The Morgan fingerprint density at radius 1 is 0.688 bits per heavy atom. The first-order valence-corrected chi connectivity index (χ1v) is 22.7. The molecule has 4 heterocycles. The van der Waals surface area contributed by atoms with E-state index >= 15 is 0 Å². The molecule has 2 N–H and O–H groups in total. The van der Waals surface area contributed by atoms with Gasteiger partial charge in [0.1, 0.15) is 55.1 Å². The molecule has 15 heteroatoms. The fourth-order valence-corrected chi connectivity index (χ4v) is 9.82. The van der Waals surface area contributed by atoms with Gasteiger partial charge in [-0.2, -0.15) is 0 Å². The molecular formula is C49H60BrF2N7O3S2. The smallest absolute Gasteiger partial charge is 0.237 e. The van der Waals surface area contributed by atoms with Gasteiger partial charge in [0, 0.05) is 53.5 Å². The molecule has 1 unspecified atom stereocenters. The molecular weight excluding hydrogens is 917 g/mol. The summed E-state index contributed by atoms with van der Waals surface area (Å²) in [7, 11) is -1.51. The summed E-state index contributed by atoms with van der Waals surface area (Å²) in [5.74, 6) is 0.822. The number of hydrogen-bond donors (Lipinski definition) is 2. The molecule has 0 saturated heterocycles. The highest BCUT2D eigenvalue weighted by Gasteiger charge is 2.43. The lowest BCUT2D eigenvalue weighted by Crippen LogP contribution is -2.53. The largest absolute Gasteiger partial charge is 0.329 e. The van der Waals surface area contributed by atoms with E-state index in [0.717, 1.165) is 32.1 Å². The zero-order valence-corrected chi connectivity index (χ0v) is 39.3. The molecule has 2 aliphatic heterocycles. The molecule has 0 saturated carbocycles. The van der Waals surface area contributed by atoms with Gasteiger partial charge in [0.25, 0.3) is 0 Å². The topological polar surface area (TPSA) is 119 Å². The number of halogens is 3. The second-order valence-corrected chi connectivity index (χ2v) is 18.8. The van der Waals surface area contributed by atoms with Gasteiger partial charge in [0.15, 0.2) is 0 Å². The highest BCUT2D eigenvalue weighted by Crippen LogP contribution is 2.40. The van der Waals surface area contributed by atoms with E-state index in [-0.39, 0.29) is 44.8 Å². The highest BCUT2D eigenvalue weighted by atomic mass is 79.9. The second kappa shape index (κ2) is 21.4. The van der Waals surface area contributed by atoms with Gasteiger partial charge in [0.05, 0.1) is 17.6 Å². The number of imidazole rings is 2. The van der Waals surface area contributed by atoms with Crippen LogP contribution < -0.4 is 5.73 Å². The fourth-order valence-electron chi connectivity index (χ4n) is 7.68. The van der Waals surface area contributed by atoms with Crippen molar-refractivity contribution in [2.24, 2.45) is 5.73 Å². The monoisotopic (exact) mass is 975 g/mol. The second-order valence-electron chi connectivity index (χ2n) is 16.2. The average Bonchev–Trinajstić information content (AvgIpc) is 3.82. The van der Waals surface area contributed by atoms with Gasteiger partial charge in [-0.3, -0.25) is 9.59 Å². The van der Waals surface area contributed by atoms with Crippen LogP contribution in [0.5, 0.6) is 0 Å². The first-order chi connectivity index (χ1) is 29.4. The molecule has 4 aromatic carbocycles.